The number of nitrogens with two attached hydrogens (primary N) is 1. The Bertz CT molecular complexity index is 1960. The molecule has 0 unspecified atom stereocenters. The van der Waals surface area contributed by atoms with Crippen LogP contribution in [0, 0.1) is 11.7 Å². The number of rotatable bonds is 7. The van der Waals surface area contributed by atoms with Gasteiger partial charge in [-0.2, -0.15) is 0 Å². The summed E-state index contributed by atoms with van der Waals surface area (Å²) >= 11 is 0. The summed E-state index contributed by atoms with van der Waals surface area (Å²) in [6, 6.07) is 23.3. The number of carbonyl (C=O) groups excluding carboxylic acids is 2. The zero-order chi connectivity index (χ0) is 32.9. The number of carbonyl (C=O) groups is 2. The molecule has 1 saturated heterocycles. The molecule has 3 heterocycles. The summed E-state index contributed by atoms with van der Waals surface area (Å²) in [6.45, 7) is 0.400. The lowest BCUT2D eigenvalue weighted by Gasteiger charge is -2.31. The van der Waals surface area contributed by atoms with Crippen LogP contribution in [0.5, 0.6) is 0 Å². The van der Waals surface area contributed by atoms with E-state index in [0.29, 0.717) is 17.9 Å². The normalized spacial score (nSPS) is 18.7. The average Bonchev–Trinajstić information content (AvgIpc) is 3.81. The highest BCUT2D eigenvalue weighted by atomic mass is 19.3. The first-order chi connectivity index (χ1) is 22.6. The Morgan fingerprint density at radius 2 is 1.64 bits per heavy atom. The number of amides is 2. The third kappa shape index (κ3) is 6.19. The maximum atomic E-state index is 13.9. The van der Waals surface area contributed by atoms with Crippen molar-refractivity contribution in [3.63, 3.8) is 0 Å². The molecule has 240 valence electrons. The average molecular weight is 638 g/mol. The summed E-state index contributed by atoms with van der Waals surface area (Å²) < 4.78 is 43.2. The molecular weight excluding hydrogens is 603 g/mol. The predicted octanol–water partition coefficient (Wildman–Crippen LogP) is 6.92. The lowest BCUT2D eigenvalue weighted by molar-refractivity contribution is -0.122. The number of fused-ring (bicyclic) bond motifs is 1. The number of pyridine rings is 1. The highest BCUT2D eigenvalue weighted by Gasteiger charge is 2.44. The first-order valence-corrected chi connectivity index (χ1v) is 15.7. The van der Waals surface area contributed by atoms with E-state index >= 15 is 0 Å². The molecule has 1 saturated carbocycles. The molecule has 7 nitrogen and oxygen atoms in total. The first kappa shape index (κ1) is 30.5. The molecule has 5 aromatic rings. The summed E-state index contributed by atoms with van der Waals surface area (Å²) in [5.74, 6) is -2.85. The van der Waals surface area contributed by atoms with Crippen LogP contribution in [0.4, 0.5) is 19.0 Å². The van der Waals surface area contributed by atoms with Crippen molar-refractivity contribution in [3.05, 3.63) is 108 Å². The van der Waals surface area contributed by atoms with Crippen molar-refractivity contribution in [2.75, 3.05) is 18.8 Å². The maximum Gasteiger partial charge on any atom is 0.253 e. The zero-order valence-electron chi connectivity index (χ0n) is 25.8. The van der Waals surface area contributed by atoms with Crippen LogP contribution in [-0.4, -0.2) is 45.3 Å². The number of hydrogen-bond acceptors (Lipinski definition) is 4. The number of likely N-dealkylation sites (tertiary alicyclic amines) is 1. The highest BCUT2D eigenvalue weighted by molar-refractivity contribution is 6.00. The molecule has 47 heavy (non-hydrogen) atoms. The summed E-state index contributed by atoms with van der Waals surface area (Å²) in [7, 11) is 1.95. The molecule has 10 heteroatoms. The summed E-state index contributed by atoms with van der Waals surface area (Å²) in [6.07, 6.45) is 1.85. The number of nitrogens with zero attached hydrogens (tertiary/aromatic N) is 3. The Kier molecular flexibility index (Phi) is 7.74. The quantitative estimate of drug-likeness (QED) is 0.203. The molecule has 0 radical (unpaired) electrons. The Balaban J connectivity index is 1.15. The molecule has 2 aromatic heterocycles. The van der Waals surface area contributed by atoms with Gasteiger partial charge < -0.3 is 20.5 Å². The van der Waals surface area contributed by atoms with Crippen LogP contribution in [0.3, 0.4) is 0 Å². The Morgan fingerprint density at radius 1 is 0.936 bits per heavy atom. The number of aryl methyl sites for hydroxylation is 1. The molecule has 2 fully saturated rings. The van der Waals surface area contributed by atoms with E-state index in [1.165, 1.54) is 17.0 Å². The number of nitrogen functional groups attached to an aromatic ring is 1. The van der Waals surface area contributed by atoms with Gasteiger partial charge in [0.25, 0.3) is 11.8 Å². The molecule has 1 aliphatic heterocycles. The van der Waals surface area contributed by atoms with Gasteiger partial charge in [0, 0.05) is 67.3 Å². The van der Waals surface area contributed by atoms with Gasteiger partial charge in [-0.25, -0.2) is 18.2 Å². The Labute approximate surface area is 270 Å². The van der Waals surface area contributed by atoms with Crippen molar-refractivity contribution >= 4 is 28.5 Å². The molecule has 2 amide bonds. The number of nitrogens with one attached hydrogen (secondary N) is 1. The van der Waals surface area contributed by atoms with Gasteiger partial charge in [0.2, 0.25) is 5.91 Å². The van der Waals surface area contributed by atoms with Crippen molar-refractivity contribution in [1.29, 1.82) is 0 Å². The van der Waals surface area contributed by atoms with Crippen LogP contribution >= 0.6 is 0 Å². The third-order valence-electron chi connectivity index (χ3n) is 9.44. The van der Waals surface area contributed by atoms with Crippen LogP contribution < -0.4 is 11.1 Å². The monoisotopic (exact) mass is 637 g/mol. The topological polar surface area (TPSA) is 93.2 Å². The summed E-state index contributed by atoms with van der Waals surface area (Å²) in [5.41, 5.74) is 12.5. The van der Waals surface area contributed by atoms with E-state index in [1.807, 2.05) is 37.4 Å². The second-order valence-corrected chi connectivity index (χ2v) is 12.6. The van der Waals surface area contributed by atoms with E-state index in [0.717, 1.165) is 50.8 Å². The second kappa shape index (κ2) is 11.9. The predicted molar refractivity (Wildman–Crippen MR) is 175 cm³/mol. The molecule has 0 spiro atoms. The SMILES string of the molecule is Cn1c(CNC(=O)[C@H]2C[C@@H]2c2ccc(N)nc2)cc2cc(-c3ccc(C(=O)N4CCC(F)(F)CC4)cc3)cc(-c3ccc(F)cc3)c21. The maximum absolute atomic E-state index is 13.9. The van der Waals surface area contributed by atoms with Gasteiger partial charge in [-0.15, -0.1) is 0 Å². The van der Waals surface area contributed by atoms with Crippen molar-refractivity contribution in [2.24, 2.45) is 13.0 Å². The van der Waals surface area contributed by atoms with E-state index in [-0.39, 0.29) is 55.4 Å². The third-order valence-corrected chi connectivity index (χ3v) is 9.44. The number of aromatic nitrogens is 2. The molecule has 2 aliphatic rings. The zero-order valence-corrected chi connectivity index (χ0v) is 25.8. The number of hydrogen-bond donors (Lipinski definition) is 2. The van der Waals surface area contributed by atoms with Crippen molar-refractivity contribution in [1.82, 2.24) is 19.8 Å². The number of benzene rings is 3. The van der Waals surface area contributed by atoms with Gasteiger partial charge in [-0.1, -0.05) is 30.3 Å². The van der Waals surface area contributed by atoms with Crippen LogP contribution in [0.15, 0.2) is 85.1 Å². The van der Waals surface area contributed by atoms with Crippen molar-refractivity contribution < 1.29 is 22.8 Å². The first-order valence-electron chi connectivity index (χ1n) is 15.7. The second-order valence-electron chi connectivity index (χ2n) is 12.6. The molecule has 0 bridgehead atoms. The number of piperidine rings is 1. The van der Waals surface area contributed by atoms with Crippen LogP contribution in [0.1, 0.15) is 46.8 Å². The van der Waals surface area contributed by atoms with E-state index in [1.54, 1.807) is 36.5 Å². The van der Waals surface area contributed by atoms with Crippen molar-refractivity contribution in [3.8, 4) is 22.3 Å². The minimum absolute atomic E-state index is 0.00979. The number of alkyl halides is 2. The van der Waals surface area contributed by atoms with Gasteiger partial charge in [-0.3, -0.25) is 9.59 Å². The standard InChI is InChI=1S/C37H34F3N5O2/c1-44-29(21-43-35(46)32-19-30(32)25-8-11-33(41)42-20-25)17-27-16-26(18-31(34(27)44)23-6-9-28(38)10-7-23)22-2-4-24(5-3-22)36(47)45-14-12-37(39,40)13-15-45/h2-11,16-18,20,30,32H,12-15,19,21H2,1H3,(H2,41,42)(H,43,46)/t30-,32+/m1/s1. The van der Waals surface area contributed by atoms with Gasteiger partial charge in [0.15, 0.2) is 0 Å². The molecule has 7 rings (SSSR count). The van der Waals surface area contributed by atoms with E-state index in [4.69, 9.17) is 5.73 Å². The molecular formula is C37H34F3N5O2. The van der Waals surface area contributed by atoms with Crippen molar-refractivity contribution in [2.45, 2.75) is 37.6 Å². The lowest BCUT2D eigenvalue weighted by Crippen LogP contribution is -2.42. The smallest absolute Gasteiger partial charge is 0.253 e. The summed E-state index contributed by atoms with van der Waals surface area (Å²) in [4.78, 5) is 31.7. The van der Waals surface area contributed by atoms with Gasteiger partial charge in [-0.05, 0) is 83.1 Å². The van der Waals surface area contributed by atoms with Crippen LogP contribution in [0.25, 0.3) is 33.2 Å². The molecule has 2 atom stereocenters. The fraction of sp³-hybridized carbons (Fsp3) is 0.270. The fourth-order valence-corrected chi connectivity index (χ4v) is 6.57. The van der Waals surface area contributed by atoms with E-state index in [2.05, 4.69) is 20.9 Å². The Hall–Kier alpha value is -5.12. The van der Waals surface area contributed by atoms with E-state index in [9.17, 15) is 22.8 Å². The number of anilines is 1. The fourth-order valence-electron chi connectivity index (χ4n) is 6.57. The molecule has 3 N–H and O–H groups in total. The Morgan fingerprint density at radius 3 is 2.32 bits per heavy atom. The van der Waals surface area contributed by atoms with Gasteiger partial charge in [0.1, 0.15) is 11.6 Å². The highest BCUT2D eigenvalue weighted by Crippen LogP contribution is 2.47. The largest absolute Gasteiger partial charge is 0.384 e. The number of halogens is 3. The van der Waals surface area contributed by atoms with Gasteiger partial charge in [0.05, 0.1) is 12.1 Å². The minimum atomic E-state index is -2.72. The summed E-state index contributed by atoms with van der Waals surface area (Å²) in [5, 5.41) is 4.05. The molecule has 3 aromatic carbocycles. The van der Waals surface area contributed by atoms with Crippen LogP contribution in [0.2, 0.25) is 0 Å². The van der Waals surface area contributed by atoms with E-state index < -0.39 is 5.92 Å². The van der Waals surface area contributed by atoms with Crippen LogP contribution in [-0.2, 0) is 18.4 Å². The lowest BCUT2D eigenvalue weighted by atomic mass is 9.95. The minimum Gasteiger partial charge on any atom is -0.384 e. The molecule has 1 aliphatic carbocycles. The van der Waals surface area contributed by atoms with Gasteiger partial charge >= 0.3 is 0 Å².